The molecule has 0 bridgehead atoms. The summed E-state index contributed by atoms with van der Waals surface area (Å²) in [6.45, 7) is 6.66. The molecule has 0 aliphatic rings. The smallest absolute Gasteiger partial charge is 0.257 e. The van der Waals surface area contributed by atoms with Crippen LogP contribution >= 0.6 is 0 Å². The molecule has 0 aliphatic heterocycles. The first kappa shape index (κ1) is 16.4. The fourth-order valence-corrected chi connectivity index (χ4v) is 2.17. The highest BCUT2D eigenvalue weighted by Gasteiger charge is 2.22. The van der Waals surface area contributed by atoms with Crippen LogP contribution in [0.2, 0.25) is 0 Å². The van der Waals surface area contributed by atoms with E-state index in [1.807, 2.05) is 20.8 Å². The van der Waals surface area contributed by atoms with Crippen LogP contribution in [0.4, 0.5) is 10.2 Å². The second kappa shape index (κ2) is 7.82. The van der Waals surface area contributed by atoms with Gasteiger partial charge in [-0.3, -0.25) is 4.79 Å². The zero-order valence-corrected chi connectivity index (χ0v) is 12.7. The Hall–Kier alpha value is -1.65. The van der Waals surface area contributed by atoms with Gasteiger partial charge in [0.1, 0.15) is 0 Å². The van der Waals surface area contributed by atoms with Gasteiger partial charge >= 0.3 is 0 Å². The number of carbonyl (C=O) groups is 1. The third-order valence-corrected chi connectivity index (χ3v) is 3.47. The molecular formula is C15H24FN3O. The van der Waals surface area contributed by atoms with E-state index in [9.17, 15) is 9.18 Å². The van der Waals surface area contributed by atoms with Crippen molar-refractivity contribution in [1.82, 2.24) is 9.88 Å². The van der Waals surface area contributed by atoms with Crippen molar-refractivity contribution >= 4 is 11.7 Å². The predicted octanol–water partition coefficient (Wildman–Crippen LogP) is 3.30. The van der Waals surface area contributed by atoms with Gasteiger partial charge in [0.05, 0.1) is 5.56 Å². The molecule has 0 saturated carbocycles. The Morgan fingerprint density at radius 1 is 1.40 bits per heavy atom. The van der Waals surface area contributed by atoms with Crippen LogP contribution < -0.4 is 5.32 Å². The van der Waals surface area contributed by atoms with Gasteiger partial charge in [0, 0.05) is 25.8 Å². The normalized spacial score (nSPS) is 10.7. The molecule has 0 spiro atoms. The molecule has 1 amide bonds. The summed E-state index contributed by atoms with van der Waals surface area (Å²) >= 11 is 0. The monoisotopic (exact) mass is 281 g/mol. The zero-order valence-electron chi connectivity index (χ0n) is 12.7. The molecule has 1 N–H and O–H groups in total. The molecule has 1 aromatic rings. The van der Waals surface area contributed by atoms with Crippen molar-refractivity contribution in [2.24, 2.45) is 0 Å². The summed E-state index contributed by atoms with van der Waals surface area (Å²) in [5.41, 5.74) is 0.0769. The number of rotatable bonds is 7. The van der Waals surface area contributed by atoms with Gasteiger partial charge in [0.15, 0.2) is 11.6 Å². The average Bonchev–Trinajstić information content (AvgIpc) is 2.46. The summed E-state index contributed by atoms with van der Waals surface area (Å²) in [5.74, 6) is -0.711. The van der Waals surface area contributed by atoms with E-state index in [-0.39, 0.29) is 23.3 Å². The van der Waals surface area contributed by atoms with E-state index in [0.717, 1.165) is 19.3 Å². The van der Waals surface area contributed by atoms with Gasteiger partial charge in [-0.1, -0.05) is 20.8 Å². The predicted molar refractivity (Wildman–Crippen MR) is 79.4 cm³/mol. The van der Waals surface area contributed by atoms with Crippen molar-refractivity contribution in [3.8, 4) is 0 Å². The number of hydrogen-bond acceptors (Lipinski definition) is 3. The molecule has 112 valence electrons. The molecule has 20 heavy (non-hydrogen) atoms. The first-order valence-corrected chi connectivity index (χ1v) is 7.22. The zero-order chi connectivity index (χ0) is 15.1. The Kier molecular flexibility index (Phi) is 6.42. The topological polar surface area (TPSA) is 45.2 Å². The first-order chi connectivity index (χ1) is 9.56. The number of nitrogens with zero attached hydrogens (tertiary/aromatic N) is 2. The minimum Gasteiger partial charge on any atom is -0.368 e. The highest BCUT2D eigenvalue weighted by atomic mass is 19.1. The molecule has 0 unspecified atom stereocenters. The number of amides is 1. The van der Waals surface area contributed by atoms with E-state index in [1.165, 1.54) is 12.3 Å². The van der Waals surface area contributed by atoms with Crippen LogP contribution in [0.3, 0.4) is 0 Å². The Labute approximate surface area is 120 Å². The number of hydrogen-bond donors (Lipinski definition) is 1. The summed E-state index contributed by atoms with van der Waals surface area (Å²) in [5, 5.41) is 2.90. The van der Waals surface area contributed by atoms with Crippen molar-refractivity contribution < 1.29 is 9.18 Å². The Morgan fingerprint density at radius 3 is 2.60 bits per heavy atom. The molecule has 5 heteroatoms. The van der Waals surface area contributed by atoms with Crippen LogP contribution in [0, 0.1) is 5.82 Å². The van der Waals surface area contributed by atoms with Crippen LogP contribution in [-0.4, -0.2) is 35.4 Å². The number of aromatic nitrogens is 1. The van der Waals surface area contributed by atoms with Crippen molar-refractivity contribution in [3.63, 3.8) is 0 Å². The van der Waals surface area contributed by atoms with E-state index >= 15 is 0 Å². The van der Waals surface area contributed by atoms with Gasteiger partial charge < -0.3 is 10.2 Å². The van der Waals surface area contributed by atoms with Crippen LogP contribution in [-0.2, 0) is 0 Å². The van der Waals surface area contributed by atoms with Gasteiger partial charge in [-0.05, 0) is 25.3 Å². The highest BCUT2D eigenvalue weighted by Crippen LogP contribution is 2.18. The number of pyridine rings is 1. The van der Waals surface area contributed by atoms with Crippen molar-refractivity contribution in [2.75, 3.05) is 18.9 Å². The Bertz CT molecular complexity index is 447. The average molecular weight is 281 g/mol. The lowest BCUT2D eigenvalue weighted by Crippen LogP contribution is -2.36. The van der Waals surface area contributed by atoms with Crippen LogP contribution in [0.5, 0.6) is 0 Å². The minimum absolute atomic E-state index is 0.0769. The van der Waals surface area contributed by atoms with Crippen molar-refractivity contribution in [3.05, 3.63) is 23.6 Å². The van der Waals surface area contributed by atoms with E-state index in [4.69, 9.17) is 0 Å². The van der Waals surface area contributed by atoms with Crippen molar-refractivity contribution in [1.29, 1.82) is 0 Å². The summed E-state index contributed by atoms with van der Waals surface area (Å²) in [6.07, 6.45) is 4.04. The molecule has 0 aromatic carbocycles. The van der Waals surface area contributed by atoms with Gasteiger partial charge in [-0.15, -0.1) is 0 Å². The quantitative estimate of drug-likeness (QED) is 0.834. The van der Waals surface area contributed by atoms with Crippen LogP contribution in [0.1, 0.15) is 50.4 Å². The van der Waals surface area contributed by atoms with Crippen LogP contribution in [0.15, 0.2) is 12.3 Å². The van der Waals surface area contributed by atoms with Gasteiger partial charge in [0.25, 0.3) is 5.91 Å². The maximum absolute atomic E-state index is 14.3. The third kappa shape index (κ3) is 3.68. The molecular weight excluding hydrogens is 257 g/mol. The van der Waals surface area contributed by atoms with E-state index in [0.29, 0.717) is 6.54 Å². The Morgan fingerprint density at radius 2 is 2.05 bits per heavy atom. The van der Waals surface area contributed by atoms with E-state index in [1.54, 1.807) is 11.9 Å². The largest absolute Gasteiger partial charge is 0.368 e. The molecule has 0 atom stereocenters. The molecule has 0 radical (unpaired) electrons. The summed E-state index contributed by atoms with van der Waals surface area (Å²) in [6, 6.07) is 1.57. The number of anilines is 1. The number of halogens is 1. The highest BCUT2D eigenvalue weighted by molar-refractivity contribution is 5.95. The summed E-state index contributed by atoms with van der Waals surface area (Å²) in [4.78, 5) is 17.9. The molecule has 1 rings (SSSR count). The number of carbonyl (C=O) groups excluding carboxylic acids is 1. The summed E-state index contributed by atoms with van der Waals surface area (Å²) in [7, 11) is 1.72. The van der Waals surface area contributed by atoms with Gasteiger partial charge in [-0.2, -0.15) is 0 Å². The first-order valence-electron chi connectivity index (χ1n) is 7.22. The fraction of sp³-hybridized carbons (Fsp3) is 0.600. The molecule has 1 aromatic heterocycles. The van der Waals surface area contributed by atoms with E-state index < -0.39 is 5.82 Å². The second-order valence-electron chi connectivity index (χ2n) is 4.83. The molecule has 0 saturated heterocycles. The molecule has 0 aliphatic carbocycles. The standard InChI is InChI=1S/C15H24FN3O/c1-5-9-17-14-13(16)12(8-10-18-14)15(20)19(4)11(6-2)7-3/h8,10-11H,5-7,9H2,1-4H3,(H,17,18). The van der Waals surface area contributed by atoms with Crippen molar-refractivity contribution in [2.45, 2.75) is 46.1 Å². The third-order valence-electron chi connectivity index (χ3n) is 3.47. The van der Waals surface area contributed by atoms with Gasteiger partial charge in [0.2, 0.25) is 0 Å². The maximum Gasteiger partial charge on any atom is 0.257 e. The van der Waals surface area contributed by atoms with Crippen LogP contribution in [0.25, 0.3) is 0 Å². The second-order valence-corrected chi connectivity index (χ2v) is 4.83. The molecule has 4 nitrogen and oxygen atoms in total. The fourth-order valence-electron chi connectivity index (χ4n) is 2.17. The lowest BCUT2D eigenvalue weighted by molar-refractivity contribution is 0.0719. The number of nitrogens with one attached hydrogen (secondary N) is 1. The van der Waals surface area contributed by atoms with Gasteiger partial charge in [-0.25, -0.2) is 9.37 Å². The summed E-state index contributed by atoms with van der Waals surface area (Å²) < 4.78 is 14.3. The molecule has 1 heterocycles. The Balaban J connectivity index is 2.98. The maximum atomic E-state index is 14.3. The minimum atomic E-state index is -0.566. The molecule has 0 fully saturated rings. The SMILES string of the molecule is CCCNc1nccc(C(=O)N(C)C(CC)CC)c1F. The lowest BCUT2D eigenvalue weighted by Gasteiger charge is -2.26. The van der Waals surface area contributed by atoms with E-state index in [2.05, 4.69) is 10.3 Å². The lowest BCUT2D eigenvalue weighted by atomic mass is 10.1.